The summed E-state index contributed by atoms with van der Waals surface area (Å²) in [5.74, 6) is 0.368. The van der Waals surface area contributed by atoms with Crippen molar-refractivity contribution in [3.8, 4) is 40.2 Å². The normalized spacial score (nSPS) is 19.6. The van der Waals surface area contributed by atoms with E-state index in [9.17, 15) is 20.1 Å². The molecule has 2 aliphatic rings. The number of carbonyl (C=O) groups excluding carboxylic acids is 1. The molecule has 40 heavy (non-hydrogen) atoms. The van der Waals surface area contributed by atoms with E-state index in [4.69, 9.17) is 18.9 Å². The summed E-state index contributed by atoms with van der Waals surface area (Å²) >= 11 is 0. The van der Waals surface area contributed by atoms with Gasteiger partial charge in [0.1, 0.15) is 58.0 Å². The van der Waals surface area contributed by atoms with E-state index >= 15 is 0 Å². The maximum absolute atomic E-state index is 13.4. The molecule has 0 amide bonds. The minimum atomic E-state index is -0.592. The van der Waals surface area contributed by atoms with Crippen LogP contribution in [0.1, 0.15) is 63.6 Å². The Balaban J connectivity index is 1.56. The quantitative estimate of drug-likeness (QED) is 0.275. The highest BCUT2D eigenvalue weighted by atomic mass is 16.5. The second-order valence-corrected chi connectivity index (χ2v) is 9.90. The van der Waals surface area contributed by atoms with Crippen LogP contribution in [0.25, 0.3) is 0 Å². The highest BCUT2D eigenvalue weighted by molar-refractivity contribution is 6.03. The minimum Gasteiger partial charge on any atom is -0.508 e. The third kappa shape index (κ3) is 4.31. The van der Waals surface area contributed by atoms with Gasteiger partial charge >= 0.3 is 0 Å². The number of ether oxygens (including phenoxy) is 4. The number of phenols is 3. The van der Waals surface area contributed by atoms with Gasteiger partial charge in [0.15, 0.2) is 5.78 Å². The summed E-state index contributed by atoms with van der Waals surface area (Å²) in [5, 5.41) is 31.9. The van der Waals surface area contributed by atoms with Gasteiger partial charge in [-0.2, -0.15) is 0 Å². The van der Waals surface area contributed by atoms with Gasteiger partial charge in [0, 0.05) is 41.7 Å². The van der Waals surface area contributed by atoms with Crippen LogP contribution in [0.5, 0.6) is 40.2 Å². The van der Waals surface area contributed by atoms with Crippen molar-refractivity contribution < 1.29 is 39.1 Å². The van der Waals surface area contributed by atoms with Crippen molar-refractivity contribution in [2.24, 2.45) is 0 Å². The third-order valence-corrected chi connectivity index (χ3v) is 7.57. The minimum absolute atomic E-state index is 0.0432. The number of fused-ring (bicyclic) bond motifs is 2. The van der Waals surface area contributed by atoms with Crippen molar-refractivity contribution in [2.45, 2.75) is 31.0 Å². The molecular weight excluding hydrogens is 512 g/mol. The summed E-state index contributed by atoms with van der Waals surface area (Å²) in [6.45, 7) is 0. The largest absolute Gasteiger partial charge is 0.508 e. The predicted octanol–water partition coefficient (Wildman–Crippen LogP) is 6.18. The maximum Gasteiger partial charge on any atom is 0.174 e. The number of methoxy groups -OCH3 is 2. The highest BCUT2D eigenvalue weighted by Gasteiger charge is 2.41. The molecule has 0 saturated carbocycles. The lowest BCUT2D eigenvalue weighted by Gasteiger charge is -2.36. The van der Waals surface area contributed by atoms with Crippen molar-refractivity contribution in [2.75, 3.05) is 14.2 Å². The Labute approximate surface area is 231 Å². The molecule has 0 radical (unpaired) electrons. The molecule has 4 aromatic carbocycles. The van der Waals surface area contributed by atoms with Gasteiger partial charge in [-0.25, -0.2) is 0 Å². The molecule has 0 saturated heterocycles. The zero-order valence-electron chi connectivity index (χ0n) is 22.0. The standard InChI is InChI=1S/C32H28O8/c1-37-20-12-27(38-2)30-21(14-25(39-28(30)13-20)18-8-10-19(33)11-9-18)29-22(34)15-23(35)31-24(36)16-26(40-32(29)31)17-6-4-3-5-7-17/h3-13,15,21,25-26,33-35H,14,16H2,1-2H3. The fraction of sp³-hybridized carbons (Fsp3) is 0.219. The van der Waals surface area contributed by atoms with Crippen LogP contribution in [0.3, 0.4) is 0 Å². The number of rotatable bonds is 5. The number of carbonyl (C=O) groups is 1. The van der Waals surface area contributed by atoms with Crippen LogP contribution in [0.2, 0.25) is 0 Å². The van der Waals surface area contributed by atoms with Crippen molar-refractivity contribution in [1.82, 2.24) is 0 Å². The fourth-order valence-corrected chi connectivity index (χ4v) is 5.68. The predicted molar refractivity (Wildman–Crippen MR) is 146 cm³/mol. The Morgan fingerprint density at radius 3 is 2.20 bits per heavy atom. The first-order valence-electron chi connectivity index (χ1n) is 12.9. The summed E-state index contributed by atoms with van der Waals surface area (Å²) in [6.07, 6.45) is -0.677. The van der Waals surface area contributed by atoms with Gasteiger partial charge in [0.05, 0.1) is 20.6 Å². The van der Waals surface area contributed by atoms with E-state index in [0.29, 0.717) is 34.8 Å². The average Bonchev–Trinajstić information content (AvgIpc) is 2.96. The Kier molecular flexibility index (Phi) is 6.38. The van der Waals surface area contributed by atoms with Crippen LogP contribution in [0.4, 0.5) is 0 Å². The molecule has 3 N–H and O–H groups in total. The molecule has 0 bridgehead atoms. The molecule has 3 atom stereocenters. The van der Waals surface area contributed by atoms with E-state index in [1.54, 1.807) is 43.5 Å². The van der Waals surface area contributed by atoms with Gasteiger partial charge in [-0.1, -0.05) is 42.5 Å². The Hall–Kier alpha value is -4.85. The molecule has 8 heteroatoms. The van der Waals surface area contributed by atoms with Crippen LogP contribution in [-0.2, 0) is 0 Å². The zero-order chi connectivity index (χ0) is 28.0. The fourth-order valence-electron chi connectivity index (χ4n) is 5.68. The molecule has 3 unspecified atom stereocenters. The monoisotopic (exact) mass is 540 g/mol. The van der Waals surface area contributed by atoms with Crippen molar-refractivity contribution in [3.05, 3.63) is 101 Å². The molecule has 0 fully saturated rings. The van der Waals surface area contributed by atoms with Gasteiger partial charge in [-0.3, -0.25) is 4.79 Å². The second-order valence-electron chi connectivity index (χ2n) is 9.90. The van der Waals surface area contributed by atoms with E-state index in [1.165, 1.54) is 13.2 Å². The number of hydrogen-bond acceptors (Lipinski definition) is 8. The number of aromatic hydroxyl groups is 3. The van der Waals surface area contributed by atoms with Crippen LogP contribution >= 0.6 is 0 Å². The van der Waals surface area contributed by atoms with Crippen molar-refractivity contribution in [3.63, 3.8) is 0 Å². The van der Waals surface area contributed by atoms with E-state index in [-0.39, 0.29) is 40.8 Å². The molecule has 8 nitrogen and oxygen atoms in total. The lowest BCUT2D eigenvalue weighted by atomic mass is 9.79. The van der Waals surface area contributed by atoms with E-state index in [0.717, 1.165) is 11.1 Å². The molecule has 204 valence electrons. The van der Waals surface area contributed by atoms with Crippen LogP contribution < -0.4 is 18.9 Å². The lowest BCUT2D eigenvalue weighted by molar-refractivity contribution is 0.0840. The number of hydrogen-bond donors (Lipinski definition) is 3. The highest BCUT2D eigenvalue weighted by Crippen LogP contribution is 2.57. The first-order valence-corrected chi connectivity index (χ1v) is 12.9. The van der Waals surface area contributed by atoms with E-state index in [2.05, 4.69) is 0 Å². The average molecular weight is 541 g/mol. The zero-order valence-corrected chi connectivity index (χ0v) is 22.0. The second kappa shape index (κ2) is 10.0. The van der Waals surface area contributed by atoms with Gasteiger partial charge in [0.2, 0.25) is 0 Å². The van der Waals surface area contributed by atoms with Crippen molar-refractivity contribution in [1.29, 1.82) is 0 Å². The lowest BCUT2D eigenvalue weighted by Crippen LogP contribution is -2.25. The summed E-state index contributed by atoms with van der Waals surface area (Å²) in [5.41, 5.74) is 2.67. The van der Waals surface area contributed by atoms with Gasteiger partial charge in [0.25, 0.3) is 0 Å². The Morgan fingerprint density at radius 2 is 1.50 bits per heavy atom. The molecule has 4 aromatic rings. The number of Topliss-reactive ketones (excluding diaryl/α,β-unsaturated/α-hetero) is 1. The third-order valence-electron chi connectivity index (χ3n) is 7.57. The van der Waals surface area contributed by atoms with Crippen LogP contribution in [-0.4, -0.2) is 35.3 Å². The smallest absolute Gasteiger partial charge is 0.174 e. The summed E-state index contributed by atoms with van der Waals surface area (Å²) in [7, 11) is 3.08. The Morgan fingerprint density at radius 1 is 0.775 bits per heavy atom. The number of phenolic OH excluding ortho intramolecular Hbond substituents is 3. The first-order chi connectivity index (χ1) is 19.4. The molecule has 0 aliphatic carbocycles. The Bertz CT molecular complexity index is 1580. The molecule has 2 heterocycles. The summed E-state index contributed by atoms with van der Waals surface area (Å²) in [4.78, 5) is 13.4. The van der Waals surface area contributed by atoms with Gasteiger partial charge in [-0.15, -0.1) is 0 Å². The van der Waals surface area contributed by atoms with Crippen molar-refractivity contribution >= 4 is 5.78 Å². The van der Waals surface area contributed by atoms with Gasteiger partial charge < -0.3 is 34.3 Å². The van der Waals surface area contributed by atoms with Gasteiger partial charge in [-0.05, 0) is 23.3 Å². The first kappa shape index (κ1) is 25.4. The van der Waals surface area contributed by atoms with E-state index in [1.807, 2.05) is 30.3 Å². The summed E-state index contributed by atoms with van der Waals surface area (Å²) in [6, 6.07) is 20.8. The molecule has 0 aromatic heterocycles. The molecule has 0 spiro atoms. The van der Waals surface area contributed by atoms with Crippen LogP contribution in [0.15, 0.2) is 72.8 Å². The number of ketones is 1. The molecular formula is C32H28O8. The molecule has 2 aliphatic heterocycles. The SMILES string of the molecule is COc1cc(OC)c2c(c1)OC(c1ccc(O)cc1)CC2c1c(O)cc(O)c2c1OC(c1ccccc1)CC2=O. The number of benzene rings is 4. The summed E-state index contributed by atoms with van der Waals surface area (Å²) < 4.78 is 24.1. The van der Waals surface area contributed by atoms with E-state index < -0.39 is 18.1 Å². The van der Waals surface area contributed by atoms with Crippen LogP contribution in [0, 0.1) is 0 Å². The maximum atomic E-state index is 13.4. The molecule has 6 rings (SSSR count). The topological polar surface area (TPSA) is 115 Å².